The summed E-state index contributed by atoms with van der Waals surface area (Å²) in [5, 5.41) is 13.9. The average Bonchev–Trinajstić information content (AvgIpc) is 2.52. The van der Waals surface area contributed by atoms with Crippen molar-refractivity contribution in [2.75, 3.05) is 24.6 Å². The number of hydrogen-bond acceptors (Lipinski definition) is 5. The fraction of sp³-hybridized carbons (Fsp3) is 0.267. The molecule has 0 spiro atoms. The Bertz CT molecular complexity index is 540. The quantitative estimate of drug-likeness (QED) is 0.264. The minimum Gasteiger partial charge on any atom is -0.465 e. The van der Waals surface area contributed by atoms with Crippen LogP contribution in [-0.4, -0.2) is 43.1 Å². The van der Waals surface area contributed by atoms with Crippen molar-refractivity contribution in [2.24, 2.45) is 5.16 Å². The molecule has 0 heterocycles. The van der Waals surface area contributed by atoms with E-state index in [-0.39, 0.29) is 19.7 Å². The molecule has 7 heteroatoms. The molecule has 22 heavy (non-hydrogen) atoms. The summed E-state index contributed by atoms with van der Waals surface area (Å²) >= 11 is 0. The van der Waals surface area contributed by atoms with Crippen LogP contribution in [0.5, 0.6) is 0 Å². The smallest absolute Gasteiger partial charge is 0.325 e. The van der Waals surface area contributed by atoms with Gasteiger partial charge in [-0.2, -0.15) is 0 Å². The summed E-state index contributed by atoms with van der Waals surface area (Å²) in [6.07, 6.45) is 2.86. The Kier molecular flexibility index (Phi) is 7.18. The van der Waals surface area contributed by atoms with Crippen LogP contribution in [0.1, 0.15) is 12.5 Å². The van der Waals surface area contributed by atoms with Gasteiger partial charge in [0.2, 0.25) is 0 Å². The molecule has 0 fully saturated rings. The van der Waals surface area contributed by atoms with E-state index >= 15 is 0 Å². The number of amides is 2. The molecule has 0 aliphatic heterocycles. The molecule has 2 amide bonds. The lowest BCUT2D eigenvalue weighted by atomic mass is 10.2. The molecule has 0 atom stereocenters. The first-order chi connectivity index (χ1) is 10.6. The summed E-state index contributed by atoms with van der Waals surface area (Å²) in [5.41, 5.74) is 1.31. The summed E-state index contributed by atoms with van der Waals surface area (Å²) in [5.74, 6) is -0.496. The van der Waals surface area contributed by atoms with Crippen molar-refractivity contribution < 1.29 is 19.5 Å². The van der Waals surface area contributed by atoms with Gasteiger partial charge in [-0.3, -0.25) is 9.69 Å². The highest BCUT2D eigenvalue weighted by Crippen LogP contribution is 2.15. The second-order valence-electron chi connectivity index (χ2n) is 4.20. The number of carbonyl (C=O) groups excluding carboxylic acids is 2. The molecule has 118 valence electrons. The zero-order valence-electron chi connectivity index (χ0n) is 12.4. The van der Waals surface area contributed by atoms with E-state index < -0.39 is 12.0 Å². The fourth-order valence-electron chi connectivity index (χ4n) is 1.70. The number of hydrogen-bond donors (Lipinski definition) is 2. The lowest BCUT2D eigenvalue weighted by Crippen LogP contribution is -2.42. The third-order valence-electron chi connectivity index (χ3n) is 2.66. The highest BCUT2D eigenvalue weighted by atomic mass is 16.5. The molecule has 1 aromatic carbocycles. The Balaban J connectivity index is 2.76. The highest BCUT2D eigenvalue weighted by molar-refractivity contribution is 5.94. The van der Waals surface area contributed by atoms with Gasteiger partial charge in [0.15, 0.2) is 0 Å². The van der Waals surface area contributed by atoms with Crippen molar-refractivity contribution in [3.05, 3.63) is 42.5 Å². The molecule has 0 saturated carbocycles. The number of urea groups is 1. The van der Waals surface area contributed by atoms with Crippen molar-refractivity contribution in [3.63, 3.8) is 0 Å². The highest BCUT2D eigenvalue weighted by Gasteiger charge is 2.15. The number of oxime groups is 1. The number of carbonyl (C=O) groups is 2. The first-order valence-corrected chi connectivity index (χ1v) is 6.71. The topological polar surface area (TPSA) is 91.2 Å². The summed E-state index contributed by atoms with van der Waals surface area (Å²) in [4.78, 5) is 24.8. The number of esters is 1. The summed E-state index contributed by atoms with van der Waals surface area (Å²) in [7, 11) is 0. The van der Waals surface area contributed by atoms with Gasteiger partial charge >= 0.3 is 12.0 Å². The van der Waals surface area contributed by atoms with Crippen LogP contribution in [0, 0.1) is 0 Å². The van der Waals surface area contributed by atoms with E-state index in [2.05, 4.69) is 17.1 Å². The maximum absolute atomic E-state index is 12.1. The van der Waals surface area contributed by atoms with Gasteiger partial charge in [-0.15, -0.1) is 6.58 Å². The van der Waals surface area contributed by atoms with Crippen LogP contribution >= 0.6 is 0 Å². The Morgan fingerprint density at radius 3 is 2.64 bits per heavy atom. The van der Waals surface area contributed by atoms with Gasteiger partial charge in [-0.05, 0) is 24.6 Å². The van der Waals surface area contributed by atoms with Gasteiger partial charge in [-0.25, -0.2) is 4.79 Å². The van der Waals surface area contributed by atoms with Gasteiger partial charge in [0.05, 0.1) is 12.8 Å². The molecule has 1 aromatic rings. The van der Waals surface area contributed by atoms with Gasteiger partial charge < -0.3 is 15.3 Å². The van der Waals surface area contributed by atoms with Crippen molar-refractivity contribution >= 4 is 23.9 Å². The fourth-order valence-corrected chi connectivity index (χ4v) is 1.70. The number of nitrogens with zero attached hydrogens (tertiary/aromatic N) is 2. The molecule has 0 aromatic heterocycles. The predicted molar refractivity (Wildman–Crippen MR) is 83.4 cm³/mol. The molecular formula is C15H19N3O4. The van der Waals surface area contributed by atoms with Gasteiger partial charge in [-0.1, -0.05) is 23.4 Å². The van der Waals surface area contributed by atoms with E-state index in [0.29, 0.717) is 11.3 Å². The maximum Gasteiger partial charge on any atom is 0.325 e. The number of rotatable bonds is 7. The number of benzene rings is 1. The van der Waals surface area contributed by atoms with Crippen LogP contribution < -0.4 is 10.2 Å². The van der Waals surface area contributed by atoms with Crippen LogP contribution in [0.25, 0.3) is 0 Å². The largest absolute Gasteiger partial charge is 0.465 e. The predicted octanol–water partition coefficient (Wildman–Crippen LogP) is 1.76. The molecule has 7 nitrogen and oxygen atoms in total. The third-order valence-corrected chi connectivity index (χ3v) is 2.66. The van der Waals surface area contributed by atoms with E-state index in [4.69, 9.17) is 9.94 Å². The van der Waals surface area contributed by atoms with Crippen LogP contribution in [0.4, 0.5) is 10.5 Å². The SMILES string of the molecule is C=CCN(C(=O)NCC(=O)OCC)c1ccc(C=NO)cc1. The van der Waals surface area contributed by atoms with E-state index in [1.807, 2.05) is 0 Å². The van der Waals surface area contributed by atoms with E-state index in [1.54, 1.807) is 37.3 Å². The minimum atomic E-state index is -0.496. The number of anilines is 1. The standard InChI is InChI=1S/C15H19N3O4/c1-3-9-18(15(20)16-11-14(19)22-4-2)13-7-5-12(6-8-13)10-17-21/h3,5-8,10,21H,1,4,9,11H2,2H3,(H,16,20). The van der Waals surface area contributed by atoms with Crippen LogP contribution in [0.2, 0.25) is 0 Å². The third kappa shape index (κ3) is 5.28. The maximum atomic E-state index is 12.1. The van der Waals surface area contributed by atoms with Gasteiger partial charge in [0.1, 0.15) is 6.54 Å². The van der Waals surface area contributed by atoms with Crippen LogP contribution in [0.3, 0.4) is 0 Å². The van der Waals surface area contributed by atoms with E-state index in [9.17, 15) is 9.59 Å². The summed E-state index contributed by atoms with van der Waals surface area (Å²) < 4.78 is 4.75. The van der Waals surface area contributed by atoms with Gasteiger partial charge in [0.25, 0.3) is 0 Å². The number of ether oxygens (including phenoxy) is 1. The molecule has 0 bridgehead atoms. The van der Waals surface area contributed by atoms with Crippen molar-refractivity contribution in [1.82, 2.24) is 5.32 Å². The molecular weight excluding hydrogens is 286 g/mol. The molecule has 2 N–H and O–H groups in total. The summed E-state index contributed by atoms with van der Waals surface area (Å²) in [6, 6.07) is 6.36. The van der Waals surface area contributed by atoms with Crippen molar-refractivity contribution in [2.45, 2.75) is 6.92 Å². The second-order valence-corrected chi connectivity index (χ2v) is 4.20. The Hall–Kier alpha value is -2.83. The lowest BCUT2D eigenvalue weighted by Gasteiger charge is -2.21. The normalized spacial score (nSPS) is 10.2. The molecule has 0 radical (unpaired) electrons. The van der Waals surface area contributed by atoms with E-state index in [1.165, 1.54) is 11.1 Å². The lowest BCUT2D eigenvalue weighted by molar-refractivity contribution is -0.141. The zero-order valence-corrected chi connectivity index (χ0v) is 12.4. The first kappa shape index (κ1) is 17.2. The first-order valence-electron chi connectivity index (χ1n) is 6.71. The Morgan fingerprint density at radius 1 is 1.41 bits per heavy atom. The van der Waals surface area contributed by atoms with Crippen molar-refractivity contribution in [3.8, 4) is 0 Å². The van der Waals surface area contributed by atoms with Crippen LogP contribution in [0.15, 0.2) is 42.1 Å². The molecule has 0 aliphatic rings. The zero-order chi connectivity index (χ0) is 16.4. The molecule has 1 rings (SSSR count). The van der Waals surface area contributed by atoms with Crippen LogP contribution in [-0.2, 0) is 9.53 Å². The molecule has 0 aliphatic carbocycles. The Labute approximate surface area is 128 Å². The Morgan fingerprint density at radius 2 is 2.09 bits per heavy atom. The van der Waals surface area contributed by atoms with E-state index in [0.717, 1.165) is 0 Å². The number of nitrogens with one attached hydrogen (secondary N) is 1. The molecule has 0 saturated heterocycles. The minimum absolute atomic E-state index is 0.199. The van der Waals surface area contributed by atoms with Gasteiger partial charge in [0, 0.05) is 12.2 Å². The summed E-state index contributed by atoms with van der Waals surface area (Å²) in [6.45, 7) is 5.65. The molecule has 0 unspecified atom stereocenters. The second kappa shape index (κ2) is 9.17. The average molecular weight is 305 g/mol. The van der Waals surface area contributed by atoms with Crippen molar-refractivity contribution in [1.29, 1.82) is 0 Å². The monoisotopic (exact) mass is 305 g/mol.